The molecule has 0 amide bonds. The Balaban J connectivity index is 2.05. The third-order valence-electron chi connectivity index (χ3n) is 3.14. The SMILES string of the molecule is CN1CCC(C(=O)C2(C#N)COC2)C1. The highest BCUT2D eigenvalue weighted by molar-refractivity contribution is 5.91. The maximum absolute atomic E-state index is 12.0. The molecular formula is C10H14N2O2. The van der Waals surface area contributed by atoms with Crippen LogP contribution in [0.25, 0.3) is 0 Å². The molecule has 1 atom stereocenters. The molecule has 76 valence electrons. The number of carbonyl (C=O) groups excluding carboxylic acids is 1. The zero-order chi connectivity index (χ0) is 10.2. The zero-order valence-corrected chi connectivity index (χ0v) is 8.32. The first-order valence-corrected chi connectivity index (χ1v) is 4.90. The number of nitrogens with zero attached hydrogens (tertiary/aromatic N) is 2. The summed E-state index contributed by atoms with van der Waals surface area (Å²) in [6.07, 6.45) is 0.888. The van der Waals surface area contributed by atoms with Crippen molar-refractivity contribution in [2.24, 2.45) is 11.3 Å². The van der Waals surface area contributed by atoms with Crippen molar-refractivity contribution in [2.75, 3.05) is 33.4 Å². The molecule has 2 aliphatic heterocycles. The predicted octanol–water partition coefficient (Wildman–Crippen LogP) is 0.0474. The summed E-state index contributed by atoms with van der Waals surface area (Å²) >= 11 is 0. The van der Waals surface area contributed by atoms with Crippen LogP contribution in [-0.2, 0) is 9.53 Å². The monoisotopic (exact) mass is 194 g/mol. The molecule has 0 aliphatic carbocycles. The van der Waals surface area contributed by atoms with E-state index < -0.39 is 5.41 Å². The Morgan fingerprint density at radius 1 is 1.64 bits per heavy atom. The van der Waals surface area contributed by atoms with E-state index in [9.17, 15) is 4.79 Å². The van der Waals surface area contributed by atoms with E-state index in [0.717, 1.165) is 19.5 Å². The van der Waals surface area contributed by atoms with Crippen molar-refractivity contribution in [1.29, 1.82) is 5.26 Å². The van der Waals surface area contributed by atoms with Crippen molar-refractivity contribution in [3.8, 4) is 6.07 Å². The van der Waals surface area contributed by atoms with Crippen molar-refractivity contribution in [3.05, 3.63) is 0 Å². The second kappa shape index (κ2) is 3.34. The van der Waals surface area contributed by atoms with Gasteiger partial charge in [0, 0.05) is 12.5 Å². The van der Waals surface area contributed by atoms with Crippen molar-refractivity contribution in [2.45, 2.75) is 6.42 Å². The van der Waals surface area contributed by atoms with Crippen LogP contribution in [0.3, 0.4) is 0 Å². The first-order chi connectivity index (χ1) is 6.68. The second-order valence-electron chi connectivity index (χ2n) is 4.30. The summed E-state index contributed by atoms with van der Waals surface area (Å²) in [4.78, 5) is 14.1. The maximum atomic E-state index is 12.0. The standard InChI is InChI=1S/C10H14N2O2/c1-12-3-2-8(4-12)9(13)10(5-11)6-14-7-10/h8H,2-4,6-7H2,1H3. The number of ketones is 1. The molecule has 0 aromatic carbocycles. The summed E-state index contributed by atoms with van der Waals surface area (Å²) in [5, 5.41) is 8.97. The summed E-state index contributed by atoms with van der Waals surface area (Å²) < 4.78 is 4.98. The molecule has 2 heterocycles. The minimum absolute atomic E-state index is 0.0450. The third-order valence-corrected chi connectivity index (χ3v) is 3.14. The number of hydrogen-bond donors (Lipinski definition) is 0. The first-order valence-electron chi connectivity index (χ1n) is 4.90. The lowest BCUT2D eigenvalue weighted by Crippen LogP contribution is -2.50. The number of likely N-dealkylation sites (tertiary alicyclic amines) is 1. The van der Waals surface area contributed by atoms with Gasteiger partial charge in [0.1, 0.15) is 0 Å². The van der Waals surface area contributed by atoms with Crippen LogP contribution in [0.2, 0.25) is 0 Å². The Hall–Kier alpha value is -0.920. The molecule has 2 saturated heterocycles. The van der Waals surface area contributed by atoms with E-state index in [4.69, 9.17) is 10.00 Å². The Morgan fingerprint density at radius 2 is 2.36 bits per heavy atom. The molecular weight excluding hydrogens is 180 g/mol. The predicted molar refractivity (Wildman–Crippen MR) is 49.5 cm³/mol. The van der Waals surface area contributed by atoms with Crippen molar-refractivity contribution in [3.63, 3.8) is 0 Å². The summed E-state index contributed by atoms with van der Waals surface area (Å²) in [5.74, 6) is 0.138. The van der Waals surface area contributed by atoms with Crippen molar-refractivity contribution < 1.29 is 9.53 Å². The lowest BCUT2D eigenvalue weighted by molar-refractivity contribution is -0.151. The number of rotatable bonds is 2. The van der Waals surface area contributed by atoms with E-state index in [1.54, 1.807) is 0 Å². The van der Waals surface area contributed by atoms with Crippen molar-refractivity contribution in [1.82, 2.24) is 4.90 Å². The highest BCUT2D eigenvalue weighted by atomic mass is 16.5. The smallest absolute Gasteiger partial charge is 0.162 e. The fraction of sp³-hybridized carbons (Fsp3) is 0.800. The summed E-state index contributed by atoms with van der Waals surface area (Å²) in [7, 11) is 2.00. The average Bonchev–Trinajstić information content (AvgIpc) is 2.50. The van der Waals surface area contributed by atoms with Gasteiger partial charge in [-0.25, -0.2) is 0 Å². The largest absolute Gasteiger partial charge is 0.377 e. The van der Waals surface area contributed by atoms with Crippen LogP contribution in [0.15, 0.2) is 0 Å². The van der Waals surface area contributed by atoms with Crippen LogP contribution in [0.1, 0.15) is 6.42 Å². The lowest BCUT2D eigenvalue weighted by atomic mass is 9.77. The minimum atomic E-state index is -0.810. The molecule has 0 aromatic rings. The van der Waals surface area contributed by atoms with E-state index in [2.05, 4.69) is 11.0 Å². The Kier molecular flexibility index (Phi) is 2.30. The van der Waals surface area contributed by atoms with Gasteiger partial charge >= 0.3 is 0 Å². The third kappa shape index (κ3) is 1.33. The molecule has 0 bridgehead atoms. The molecule has 4 nitrogen and oxygen atoms in total. The molecule has 0 saturated carbocycles. The molecule has 0 spiro atoms. The fourth-order valence-electron chi connectivity index (χ4n) is 2.11. The van der Waals surface area contributed by atoms with Crippen LogP contribution in [-0.4, -0.2) is 44.0 Å². The van der Waals surface area contributed by atoms with Gasteiger partial charge in [0.2, 0.25) is 0 Å². The fourth-order valence-corrected chi connectivity index (χ4v) is 2.11. The molecule has 14 heavy (non-hydrogen) atoms. The van der Waals surface area contributed by atoms with Crippen LogP contribution >= 0.6 is 0 Å². The lowest BCUT2D eigenvalue weighted by Gasteiger charge is -2.35. The van der Waals surface area contributed by atoms with Gasteiger partial charge in [0.05, 0.1) is 19.3 Å². The van der Waals surface area contributed by atoms with Crippen LogP contribution < -0.4 is 0 Å². The summed E-state index contributed by atoms with van der Waals surface area (Å²) in [5.41, 5.74) is -0.810. The summed E-state index contributed by atoms with van der Waals surface area (Å²) in [6, 6.07) is 2.11. The topological polar surface area (TPSA) is 53.3 Å². The van der Waals surface area contributed by atoms with E-state index in [1.165, 1.54) is 0 Å². The van der Waals surface area contributed by atoms with E-state index >= 15 is 0 Å². The first kappa shape index (κ1) is 9.63. The number of hydrogen-bond acceptors (Lipinski definition) is 4. The Morgan fingerprint density at radius 3 is 2.71 bits per heavy atom. The summed E-state index contributed by atoms with van der Waals surface area (Å²) in [6.45, 7) is 2.34. The Bertz CT molecular complexity index is 291. The second-order valence-corrected chi connectivity index (χ2v) is 4.30. The van der Waals surface area contributed by atoms with Gasteiger partial charge in [-0.2, -0.15) is 5.26 Å². The molecule has 4 heteroatoms. The van der Waals surface area contributed by atoms with Crippen LogP contribution in [0.5, 0.6) is 0 Å². The van der Waals surface area contributed by atoms with Gasteiger partial charge in [-0.3, -0.25) is 4.79 Å². The van der Waals surface area contributed by atoms with Gasteiger partial charge < -0.3 is 9.64 Å². The quantitative estimate of drug-likeness (QED) is 0.623. The number of carbonyl (C=O) groups is 1. The normalized spacial score (nSPS) is 30.7. The van der Waals surface area contributed by atoms with E-state index in [1.807, 2.05) is 7.05 Å². The molecule has 0 radical (unpaired) electrons. The highest BCUT2D eigenvalue weighted by Crippen LogP contribution is 2.33. The molecule has 0 aromatic heterocycles. The van der Waals surface area contributed by atoms with Crippen LogP contribution in [0, 0.1) is 22.7 Å². The van der Waals surface area contributed by atoms with Gasteiger partial charge in [0.15, 0.2) is 11.2 Å². The van der Waals surface area contributed by atoms with Crippen molar-refractivity contribution >= 4 is 5.78 Å². The molecule has 0 N–H and O–H groups in total. The van der Waals surface area contributed by atoms with Gasteiger partial charge in [0.25, 0.3) is 0 Å². The maximum Gasteiger partial charge on any atom is 0.162 e. The number of nitriles is 1. The Labute approximate surface area is 83.4 Å². The van der Waals surface area contributed by atoms with E-state index in [0.29, 0.717) is 13.2 Å². The highest BCUT2D eigenvalue weighted by Gasteiger charge is 2.49. The van der Waals surface area contributed by atoms with Gasteiger partial charge in [-0.05, 0) is 20.0 Å². The number of ether oxygens (including phenoxy) is 1. The average molecular weight is 194 g/mol. The molecule has 2 fully saturated rings. The van der Waals surface area contributed by atoms with Gasteiger partial charge in [-0.15, -0.1) is 0 Å². The minimum Gasteiger partial charge on any atom is -0.377 e. The number of Topliss-reactive ketones (excluding diaryl/α,β-unsaturated/α-hetero) is 1. The van der Waals surface area contributed by atoms with Crippen LogP contribution in [0.4, 0.5) is 0 Å². The molecule has 1 unspecified atom stereocenters. The zero-order valence-electron chi connectivity index (χ0n) is 8.32. The molecule has 2 aliphatic rings. The van der Waals surface area contributed by atoms with Gasteiger partial charge in [-0.1, -0.05) is 0 Å². The van der Waals surface area contributed by atoms with E-state index in [-0.39, 0.29) is 11.7 Å². The molecule has 2 rings (SSSR count).